The van der Waals surface area contributed by atoms with Crippen LogP contribution in [0.4, 0.5) is 0 Å². The van der Waals surface area contributed by atoms with Crippen molar-refractivity contribution in [1.82, 2.24) is 14.9 Å². The topological polar surface area (TPSA) is 76.1 Å². The predicted octanol–water partition coefficient (Wildman–Crippen LogP) is 1.24. The van der Waals surface area contributed by atoms with Crippen LogP contribution in [0.1, 0.15) is 44.6 Å². The highest BCUT2D eigenvalue weighted by atomic mass is 16.5. The number of ether oxygens (including phenoxy) is 1. The van der Waals surface area contributed by atoms with Crippen molar-refractivity contribution in [3.63, 3.8) is 0 Å². The molecule has 2 N–H and O–H groups in total. The number of methoxy groups -OCH3 is 1. The molecule has 0 amide bonds. The van der Waals surface area contributed by atoms with Crippen molar-refractivity contribution >= 4 is 0 Å². The van der Waals surface area contributed by atoms with E-state index in [0.29, 0.717) is 31.3 Å². The van der Waals surface area contributed by atoms with Crippen LogP contribution >= 0.6 is 0 Å². The van der Waals surface area contributed by atoms with Crippen LogP contribution in [0.25, 0.3) is 0 Å². The number of nitrogens with zero attached hydrogens (tertiary/aromatic N) is 1. The van der Waals surface area contributed by atoms with Gasteiger partial charge in [-0.15, -0.1) is 0 Å². The fourth-order valence-electron chi connectivity index (χ4n) is 2.93. The molecule has 0 spiro atoms. The van der Waals surface area contributed by atoms with Gasteiger partial charge in [-0.1, -0.05) is 19.8 Å². The van der Waals surface area contributed by atoms with Gasteiger partial charge in [-0.05, 0) is 25.2 Å². The van der Waals surface area contributed by atoms with Gasteiger partial charge in [0.05, 0.1) is 13.2 Å². The van der Waals surface area contributed by atoms with Crippen molar-refractivity contribution < 1.29 is 4.74 Å². The highest BCUT2D eigenvalue weighted by Crippen LogP contribution is 2.31. The molecule has 0 aliphatic heterocycles. The van der Waals surface area contributed by atoms with Gasteiger partial charge in [0, 0.05) is 31.5 Å². The zero-order chi connectivity index (χ0) is 15.9. The number of H-pyrrole nitrogens is 1. The summed E-state index contributed by atoms with van der Waals surface area (Å²) in [5, 5.41) is 3.52. The smallest absolute Gasteiger partial charge is 0.328 e. The van der Waals surface area contributed by atoms with E-state index in [2.05, 4.69) is 17.2 Å². The fourth-order valence-corrected chi connectivity index (χ4v) is 2.93. The lowest BCUT2D eigenvalue weighted by molar-refractivity contribution is 0.185. The van der Waals surface area contributed by atoms with Crippen molar-refractivity contribution in [3.05, 3.63) is 32.6 Å². The predicted molar refractivity (Wildman–Crippen MR) is 86.1 cm³/mol. The molecule has 1 fully saturated rings. The Morgan fingerprint density at radius 1 is 1.45 bits per heavy atom. The molecule has 22 heavy (non-hydrogen) atoms. The van der Waals surface area contributed by atoms with Gasteiger partial charge in [-0.3, -0.25) is 14.3 Å². The number of aromatic amines is 1. The summed E-state index contributed by atoms with van der Waals surface area (Å²) in [5.74, 6) is 0.735. The summed E-state index contributed by atoms with van der Waals surface area (Å²) in [6.07, 6.45) is 7.79. The summed E-state index contributed by atoms with van der Waals surface area (Å²) in [6.45, 7) is 3.58. The zero-order valence-corrected chi connectivity index (χ0v) is 13.6. The van der Waals surface area contributed by atoms with E-state index >= 15 is 0 Å². The second-order valence-electron chi connectivity index (χ2n) is 6.07. The van der Waals surface area contributed by atoms with E-state index in [1.54, 1.807) is 13.3 Å². The van der Waals surface area contributed by atoms with Gasteiger partial charge in [-0.2, -0.15) is 0 Å². The minimum atomic E-state index is -0.380. The van der Waals surface area contributed by atoms with Crippen LogP contribution < -0.4 is 16.6 Å². The van der Waals surface area contributed by atoms with Crippen LogP contribution in [-0.2, 0) is 17.8 Å². The number of aromatic nitrogens is 2. The monoisotopic (exact) mass is 309 g/mol. The fraction of sp³-hybridized carbons (Fsp3) is 0.750. The summed E-state index contributed by atoms with van der Waals surface area (Å²) < 4.78 is 6.49. The largest absolute Gasteiger partial charge is 0.383 e. The Kier molecular flexibility index (Phi) is 6.39. The second kappa shape index (κ2) is 8.29. The first-order chi connectivity index (χ1) is 10.7. The van der Waals surface area contributed by atoms with Crippen LogP contribution in [0.2, 0.25) is 0 Å². The Hall–Kier alpha value is -1.40. The Morgan fingerprint density at radius 2 is 2.23 bits per heavy atom. The van der Waals surface area contributed by atoms with Gasteiger partial charge in [-0.25, -0.2) is 4.79 Å². The van der Waals surface area contributed by atoms with Gasteiger partial charge in [0.15, 0.2) is 0 Å². The summed E-state index contributed by atoms with van der Waals surface area (Å²) in [4.78, 5) is 26.1. The standard InChI is InChI=1S/C16H27N3O3/c1-3-5-14(12-6-4-7-12)17-10-13-11-19(8-9-22-2)16(21)18-15(13)20/h11-12,14,17H,3-10H2,1-2H3,(H,18,20,21). The van der Waals surface area contributed by atoms with E-state index in [1.165, 1.54) is 23.8 Å². The van der Waals surface area contributed by atoms with Gasteiger partial charge in [0.25, 0.3) is 5.56 Å². The highest BCUT2D eigenvalue weighted by molar-refractivity contribution is 5.04. The molecule has 1 aliphatic rings. The maximum Gasteiger partial charge on any atom is 0.328 e. The van der Waals surface area contributed by atoms with Crippen LogP contribution in [0, 0.1) is 5.92 Å². The summed E-state index contributed by atoms with van der Waals surface area (Å²) >= 11 is 0. The molecular formula is C16H27N3O3. The Balaban J connectivity index is 2.04. The van der Waals surface area contributed by atoms with Crippen LogP contribution in [0.5, 0.6) is 0 Å². The van der Waals surface area contributed by atoms with Crippen LogP contribution in [0.15, 0.2) is 15.8 Å². The molecule has 1 heterocycles. The van der Waals surface area contributed by atoms with Gasteiger partial charge in [0.1, 0.15) is 0 Å². The number of hydrogen-bond acceptors (Lipinski definition) is 4. The summed E-state index contributed by atoms with van der Waals surface area (Å²) in [7, 11) is 1.59. The first-order valence-corrected chi connectivity index (χ1v) is 8.20. The Morgan fingerprint density at radius 3 is 2.82 bits per heavy atom. The lowest BCUT2D eigenvalue weighted by Gasteiger charge is -2.34. The quantitative estimate of drug-likeness (QED) is 0.719. The van der Waals surface area contributed by atoms with Crippen LogP contribution in [-0.4, -0.2) is 29.3 Å². The third-order valence-corrected chi connectivity index (χ3v) is 4.49. The van der Waals surface area contributed by atoms with Gasteiger partial charge >= 0.3 is 5.69 Å². The zero-order valence-electron chi connectivity index (χ0n) is 13.6. The van der Waals surface area contributed by atoms with Crippen LogP contribution in [0.3, 0.4) is 0 Å². The molecule has 0 bridgehead atoms. The first kappa shape index (κ1) is 17.0. The number of hydrogen-bond donors (Lipinski definition) is 2. The van der Waals surface area contributed by atoms with Gasteiger partial charge in [0.2, 0.25) is 0 Å². The molecule has 0 radical (unpaired) electrons. The maximum atomic E-state index is 11.9. The van der Waals surface area contributed by atoms with Crippen molar-refractivity contribution in [2.75, 3.05) is 13.7 Å². The van der Waals surface area contributed by atoms with Gasteiger partial charge < -0.3 is 10.1 Å². The van der Waals surface area contributed by atoms with Crippen molar-refractivity contribution in [2.45, 2.75) is 58.2 Å². The lowest BCUT2D eigenvalue weighted by Crippen LogP contribution is -2.41. The van der Waals surface area contributed by atoms with Crippen molar-refractivity contribution in [3.8, 4) is 0 Å². The lowest BCUT2D eigenvalue weighted by atomic mass is 9.78. The molecule has 6 heteroatoms. The average molecular weight is 309 g/mol. The third-order valence-electron chi connectivity index (χ3n) is 4.49. The number of nitrogens with one attached hydrogen (secondary N) is 2. The number of rotatable bonds is 9. The SMILES string of the molecule is CCCC(NCc1cn(CCOC)c(=O)[nH]c1=O)C1CCC1. The highest BCUT2D eigenvalue weighted by Gasteiger charge is 2.26. The summed E-state index contributed by atoms with van der Waals surface area (Å²) in [5.41, 5.74) is -0.0685. The minimum Gasteiger partial charge on any atom is -0.383 e. The molecule has 0 aromatic carbocycles. The maximum absolute atomic E-state index is 11.9. The molecule has 1 unspecified atom stereocenters. The molecule has 1 aliphatic carbocycles. The Labute approximate surface area is 130 Å². The molecule has 1 aromatic heterocycles. The minimum absolute atomic E-state index is 0.296. The third kappa shape index (κ3) is 4.30. The van der Waals surface area contributed by atoms with E-state index in [1.807, 2.05) is 0 Å². The molecule has 1 saturated carbocycles. The normalized spacial score (nSPS) is 16.5. The molecule has 0 saturated heterocycles. The van der Waals surface area contributed by atoms with E-state index in [-0.39, 0.29) is 11.2 Å². The summed E-state index contributed by atoms with van der Waals surface area (Å²) in [6, 6.07) is 0.470. The van der Waals surface area contributed by atoms with E-state index < -0.39 is 0 Å². The van der Waals surface area contributed by atoms with E-state index in [9.17, 15) is 9.59 Å². The molecular weight excluding hydrogens is 282 g/mol. The Bertz CT molecular complexity index is 575. The van der Waals surface area contributed by atoms with Crippen molar-refractivity contribution in [2.24, 2.45) is 5.92 Å². The molecule has 6 nitrogen and oxygen atoms in total. The molecule has 1 atom stereocenters. The van der Waals surface area contributed by atoms with E-state index in [0.717, 1.165) is 18.8 Å². The molecule has 2 rings (SSSR count). The van der Waals surface area contributed by atoms with E-state index in [4.69, 9.17) is 4.74 Å². The average Bonchev–Trinajstić information content (AvgIpc) is 2.43. The molecule has 124 valence electrons. The van der Waals surface area contributed by atoms with Crippen molar-refractivity contribution in [1.29, 1.82) is 0 Å². The first-order valence-electron chi connectivity index (χ1n) is 8.20. The molecule has 1 aromatic rings. The second-order valence-corrected chi connectivity index (χ2v) is 6.07.